The monoisotopic (exact) mass is 275 g/mol. The Morgan fingerprint density at radius 3 is 2.70 bits per heavy atom. The first-order valence-electron chi connectivity index (χ1n) is 8.13. The van der Waals surface area contributed by atoms with E-state index >= 15 is 0 Å². The molecule has 1 saturated carbocycles. The SMILES string of the molecule is CCCCN(c1ccc(CNCC(C)C)cn1)C1CC1. The van der Waals surface area contributed by atoms with Crippen LogP contribution in [0.5, 0.6) is 0 Å². The number of nitrogens with zero attached hydrogens (tertiary/aromatic N) is 2. The molecule has 3 heteroatoms. The number of pyridine rings is 1. The number of hydrogen-bond donors (Lipinski definition) is 1. The van der Waals surface area contributed by atoms with Gasteiger partial charge in [-0.25, -0.2) is 4.98 Å². The van der Waals surface area contributed by atoms with Gasteiger partial charge in [-0.3, -0.25) is 0 Å². The average molecular weight is 275 g/mol. The second-order valence-corrected chi connectivity index (χ2v) is 6.33. The summed E-state index contributed by atoms with van der Waals surface area (Å²) in [6.07, 6.45) is 7.21. The number of rotatable bonds is 9. The zero-order chi connectivity index (χ0) is 14.4. The molecular weight excluding hydrogens is 246 g/mol. The third kappa shape index (κ3) is 4.78. The van der Waals surface area contributed by atoms with Crippen LogP contribution in [-0.2, 0) is 6.54 Å². The van der Waals surface area contributed by atoms with Crippen molar-refractivity contribution < 1.29 is 0 Å². The highest BCUT2D eigenvalue weighted by Gasteiger charge is 2.29. The van der Waals surface area contributed by atoms with Crippen LogP contribution in [0.2, 0.25) is 0 Å². The van der Waals surface area contributed by atoms with Crippen LogP contribution in [0.15, 0.2) is 18.3 Å². The van der Waals surface area contributed by atoms with E-state index in [4.69, 9.17) is 0 Å². The Kier molecular flexibility index (Phi) is 5.84. The fraction of sp³-hybridized carbons (Fsp3) is 0.706. The Morgan fingerprint density at radius 1 is 1.35 bits per heavy atom. The minimum atomic E-state index is 0.696. The maximum atomic E-state index is 4.68. The largest absolute Gasteiger partial charge is 0.354 e. The van der Waals surface area contributed by atoms with Gasteiger partial charge in [-0.2, -0.15) is 0 Å². The molecule has 0 atom stereocenters. The number of unbranched alkanes of at least 4 members (excludes halogenated alkanes) is 1. The molecule has 0 aliphatic heterocycles. The maximum Gasteiger partial charge on any atom is 0.128 e. The van der Waals surface area contributed by atoms with E-state index in [-0.39, 0.29) is 0 Å². The van der Waals surface area contributed by atoms with E-state index in [1.165, 1.54) is 31.2 Å². The molecule has 1 fully saturated rings. The first kappa shape index (κ1) is 15.3. The summed E-state index contributed by atoms with van der Waals surface area (Å²) in [5, 5.41) is 3.47. The van der Waals surface area contributed by atoms with Gasteiger partial charge in [-0.15, -0.1) is 0 Å². The summed E-state index contributed by atoms with van der Waals surface area (Å²) < 4.78 is 0. The highest BCUT2D eigenvalue weighted by molar-refractivity contribution is 5.42. The third-order valence-corrected chi connectivity index (χ3v) is 3.73. The Bertz CT molecular complexity index is 382. The summed E-state index contributed by atoms with van der Waals surface area (Å²) in [7, 11) is 0. The fourth-order valence-electron chi connectivity index (χ4n) is 2.40. The first-order chi connectivity index (χ1) is 9.70. The van der Waals surface area contributed by atoms with Crippen LogP contribution in [0.3, 0.4) is 0 Å². The van der Waals surface area contributed by atoms with Crippen LogP contribution in [-0.4, -0.2) is 24.1 Å². The lowest BCUT2D eigenvalue weighted by Gasteiger charge is -2.23. The topological polar surface area (TPSA) is 28.2 Å². The van der Waals surface area contributed by atoms with Gasteiger partial charge in [0, 0.05) is 25.3 Å². The normalized spacial score (nSPS) is 14.8. The second-order valence-electron chi connectivity index (χ2n) is 6.33. The van der Waals surface area contributed by atoms with E-state index in [2.05, 4.69) is 48.1 Å². The number of nitrogens with one attached hydrogen (secondary N) is 1. The van der Waals surface area contributed by atoms with Gasteiger partial charge in [0.2, 0.25) is 0 Å². The quantitative estimate of drug-likeness (QED) is 0.746. The molecule has 0 radical (unpaired) electrons. The van der Waals surface area contributed by atoms with E-state index in [0.717, 1.165) is 31.5 Å². The highest BCUT2D eigenvalue weighted by atomic mass is 15.2. The zero-order valence-electron chi connectivity index (χ0n) is 13.2. The van der Waals surface area contributed by atoms with Gasteiger partial charge in [-0.05, 0) is 43.4 Å². The van der Waals surface area contributed by atoms with Gasteiger partial charge in [-0.1, -0.05) is 33.3 Å². The van der Waals surface area contributed by atoms with Crippen molar-refractivity contribution in [1.82, 2.24) is 10.3 Å². The van der Waals surface area contributed by atoms with Gasteiger partial charge in [0.15, 0.2) is 0 Å². The van der Waals surface area contributed by atoms with Crippen LogP contribution < -0.4 is 10.2 Å². The molecule has 3 nitrogen and oxygen atoms in total. The van der Waals surface area contributed by atoms with Crippen LogP contribution in [0.25, 0.3) is 0 Å². The summed E-state index contributed by atoms with van der Waals surface area (Å²) in [6, 6.07) is 5.16. The predicted octanol–water partition coefficient (Wildman–Crippen LogP) is 3.60. The molecule has 0 saturated heterocycles. The number of aromatic nitrogens is 1. The van der Waals surface area contributed by atoms with E-state index in [1.54, 1.807) is 0 Å². The van der Waals surface area contributed by atoms with Crippen LogP contribution in [0.1, 0.15) is 52.0 Å². The van der Waals surface area contributed by atoms with Gasteiger partial charge < -0.3 is 10.2 Å². The molecule has 0 bridgehead atoms. The Labute approximate surface area is 123 Å². The molecule has 1 N–H and O–H groups in total. The molecule has 1 aliphatic rings. The summed E-state index contributed by atoms with van der Waals surface area (Å²) in [5.41, 5.74) is 1.28. The smallest absolute Gasteiger partial charge is 0.128 e. The van der Waals surface area contributed by atoms with Crippen molar-refractivity contribution in [2.24, 2.45) is 5.92 Å². The van der Waals surface area contributed by atoms with E-state index in [9.17, 15) is 0 Å². The second kappa shape index (κ2) is 7.63. The zero-order valence-corrected chi connectivity index (χ0v) is 13.2. The van der Waals surface area contributed by atoms with Crippen molar-refractivity contribution in [2.45, 2.75) is 59.0 Å². The third-order valence-electron chi connectivity index (χ3n) is 3.73. The minimum absolute atomic E-state index is 0.696. The Hall–Kier alpha value is -1.09. The number of anilines is 1. The van der Waals surface area contributed by atoms with Crippen molar-refractivity contribution in [3.63, 3.8) is 0 Å². The van der Waals surface area contributed by atoms with Gasteiger partial charge in [0.1, 0.15) is 5.82 Å². The van der Waals surface area contributed by atoms with Crippen molar-refractivity contribution in [3.8, 4) is 0 Å². The molecule has 0 spiro atoms. The van der Waals surface area contributed by atoms with Crippen molar-refractivity contribution in [3.05, 3.63) is 23.9 Å². The first-order valence-corrected chi connectivity index (χ1v) is 8.13. The van der Waals surface area contributed by atoms with Crippen LogP contribution in [0.4, 0.5) is 5.82 Å². The molecule has 0 amide bonds. The van der Waals surface area contributed by atoms with Crippen molar-refractivity contribution in [2.75, 3.05) is 18.0 Å². The fourth-order valence-corrected chi connectivity index (χ4v) is 2.40. The molecule has 1 aromatic rings. The lowest BCUT2D eigenvalue weighted by molar-refractivity contribution is 0.552. The van der Waals surface area contributed by atoms with Crippen LogP contribution >= 0.6 is 0 Å². The molecule has 1 heterocycles. The molecular formula is C17H29N3. The molecule has 0 aromatic carbocycles. The summed E-state index contributed by atoms with van der Waals surface area (Å²) in [4.78, 5) is 7.17. The van der Waals surface area contributed by atoms with E-state index in [0.29, 0.717) is 5.92 Å². The number of hydrogen-bond acceptors (Lipinski definition) is 3. The lowest BCUT2D eigenvalue weighted by Crippen LogP contribution is -2.27. The Balaban J connectivity index is 1.88. The average Bonchev–Trinajstić information content (AvgIpc) is 3.25. The molecule has 0 unspecified atom stereocenters. The lowest BCUT2D eigenvalue weighted by atomic mass is 10.2. The predicted molar refractivity (Wildman–Crippen MR) is 86.1 cm³/mol. The van der Waals surface area contributed by atoms with Gasteiger partial charge in [0.05, 0.1) is 0 Å². The van der Waals surface area contributed by atoms with Crippen molar-refractivity contribution >= 4 is 5.82 Å². The van der Waals surface area contributed by atoms with Crippen LogP contribution in [0, 0.1) is 5.92 Å². The summed E-state index contributed by atoms with van der Waals surface area (Å²) in [5.74, 6) is 1.86. The standard InChI is InChI=1S/C17H29N3/c1-4-5-10-20(16-7-8-16)17-9-6-15(13-19-17)12-18-11-14(2)3/h6,9,13-14,16,18H,4-5,7-8,10-12H2,1-3H3. The molecule has 1 aliphatic carbocycles. The molecule has 20 heavy (non-hydrogen) atoms. The molecule has 1 aromatic heterocycles. The van der Waals surface area contributed by atoms with Crippen molar-refractivity contribution in [1.29, 1.82) is 0 Å². The van der Waals surface area contributed by atoms with Gasteiger partial charge >= 0.3 is 0 Å². The van der Waals surface area contributed by atoms with Gasteiger partial charge in [0.25, 0.3) is 0 Å². The summed E-state index contributed by atoms with van der Waals surface area (Å²) in [6.45, 7) is 9.85. The minimum Gasteiger partial charge on any atom is -0.354 e. The maximum absolute atomic E-state index is 4.68. The molecule has 112 valence electrons. The van der Waals surface area contributed by atoms with E-state index in [1.807, 2.05) is 6.20 Å². The highest BCUT2D eigenvalue weighted by Crippen LogP contribution is 2.30. The summed E-state index contributed by atoms with van der Waals surface area (Å²) >= 11 is 0. The van der Waals surface area contributed by atoms with E-state index < -0.39 is 0 Å². The molecule has 2 rings (SSSR count). The Morgan fingerprint density at radius 2 is 2.15 bits per heavy atom.